The van der Waals surface area contributed by atoms with Gasteiger partial charge in [0.05, 0.1) is 0 Å². The maximum absolute atomic E-state index is 2.29. The lowest BCUT2D eigenvalue weighted by atomic mass is 10.1. The number of aryl methyl sites for hydroxylation is 2. The molecule has 78 valence electrons. The van der Waals surface area contributed by atoms with Gasteiger partial charge in [0.2, 0.25) is 0 Å². The van der Waals surface area contributed by atoms with E-state index >= 15 is 0 Å². The van der Waals surface area contributed by atoms with Crippen molar-refractivity contribution in [1.29, 1.82) is 0 Å². The SMILES string of the molecule is CCc1cc(C)ccc1Sc1ccsc1. The Morgan fingerprint density at radius 3 is 2.80 bits per heavy atom. The van der Waals surface area contributed by atoms with Gasteiger partial charge in [0, 0.05) is 15.2 Å². The molecule has 0 unspecified atom stereocenters. The zero-order valence-corrected chi connectivity index (χ0v) is 10.6. The van der Waals surface area contributed by atoms with Gasteiger partial charge in [0.15, 0.2) is 0 Å². The molecule has 0 saturated carbocycles. The third-order valence-corrected chi connectivity index (χ3v) is 4.26. The molecule has 0 fully saturated rings. The van der Waals surface area contributed by atoms with Crippen LogP contribution in [0.2, 0.25) is 0 Å². The molecule has 1 aromatic carbocycles. The second kappa shape index (κ2) is 4.86. The van der Waals surface area contributed by atoms with Crippen molar-refractivity contribution >= 4 is 23.1 Å². The van der Waals surface area contributed by atoms with E-state index in [1.54, 1.807) is 11.3 Å². The molecule has 2 rings (SSSR count). The van der Waals surface area contributed by atoms with E-state index in [1.807, 2.05) is 11.8 Å². The second-order valence-electron chi connectivity index (χ2n) is 3.53. The molecule has 0 radical (unpaired) electrons. The third kappa shape index (κ3) is 2.64. The van der Waals surface area contributed by atoms with Crippen LogP contribution in [-0.4, -0.2) is 0 Å². The second-order valence-corrected chi connectivity index (χ2v) is 5.42. The molecule has 0 bridgehead atoms. The summed E-state index contributed by atoms with van der Waals surface area (Å²) in [5.41, 5.74) is 2.80. The molecule has 1 aromatic heterocycles. The summed E-state index contributed by atoms with van der Waals surface area (Å²) < 4.78 is 0. The third-order valence-electron chi connectivity index (χ3n) is 2.32. The highest BCUT2D eigenvalue weighted by molar-refractivity contribution is 7.99. The summed E-state index contributed by atoms with van der Waals surface area (Å²) in [5.74, 6) is 0. The van der Waals surface area contributed by atoms with Crippen LogP contribution in [0.15, 0.2) is 44.8 Å². The Kier molecular flexibility index (Phi) is 3.49. The summed E-state index contributed by atoms with van der Waals surface area (Å²) >= 11 is 3.62. The van der Waals surface area contributed by atoms with Gasteiger partial charge >= 0.3 is 0 Å². The molecule has 15 heavy (non-hydrogen) atoms. The minimum absolute atomic E-state index is 1.11. The van der Waals surface area contributed by atoms with Crippen LogP contribution in [0.3, 0.4) is 0 Å². The number of thiophene rings is 1. The van der Waals surface area contributed by atoms with E-state index in [-0.39, 0.29) is 0 Å². The summed E-state index contributed by atoms with van der Waals surface area (Å²) in [6.45, 7) is 4.37. The van der Waals surface area contributed by atoms with Gasteiger partial charge in [-0.3, -0.25) is 0 Å². The standard InChI is InChI=1S/C13H14S2/c1-3-11-8-10(2)4-5-13(11)15-12-6-7-14-9-12/h4-9H,3H2,1-2H3. The minimum Gasteiger partial charge on any atom is -0.151 e. The van der Waals surface area contributed by atoms with Gasteiger partial charge in [-0.2, -0.15) is 11.3 Å². The summed E-state index contributed by atoms with van der Waals surface area (Å²) in [6, 6.07) is 8.88. The molecule has 0 aliphatic heterocycles. The average Bonchev–Trinajstić information content (AvgIpc) is 2.73. The molecule has 2 heteroatoms. The van der Waals surface area contributed by atoms with Crippen molar-refractivity contribution < 1.29 is 0 Å². The van der Waals surface area contributed by atoms with Gasteiger partial charge in [-0.05, 0) is 36.4 Å². The van der Waals surface area contributed by atoms with Crippen LogP contribution in [0, 0.1) is 6.92 Å². The largest absolute Gasteiger partial charge is 0.151 e. The highest BCUT2D eigenvalue weighted by atomic mass is 32.2. The van der Waals surface area contributed by atoms with E-state index in [0.29, 0.717) is 0 Å². The molecule has 0 aliphatic rings. The molecule has 0 N–H and O–H groups in total. The van der Waals surface area contributed by atoms with Crippen LogP contribution < -0.4 is 0 Å². The topological polar surface area (TPSA) is 0 Å². The summed E-state index contributed by atoms with van der Waals surface area (Å²) in [4.78, 5) is 2.74. The number of hydrogen-bond acceptors (Lipinski definition) is 2. The van der Waals surface area contributed by atoms with Crippen LogP contribution in [0.4, 0.5) is 0 Å². The first-order valence-corrected chi connectivity index (χ1v) is 6.85. The Morgan fingerprint density at radius 1 is 1.27 bits per heavy atom. The van der Waals surface area contributed by atoms with E-state index in [4.69, 9.17) is 0 Å². The van der Waals surface area contributed by atoms with Crippen LogP contribution in [0.25, 0.3) is 0 Å². The van der Waals surface area contributed by atoms with Crippen LogP contribution >= 0.6 is 23.1 Å². The first-order chi connectivity index (χ1) is 7.29. The molecular weight excluding hydrogens is 220 g/mol. The predicted molar refractivity (Wildman–Crippen MR) is 69.0 cm³/mol. The van der Waals surface area contributed by atoms with Crippen molar-refractivity contribution in [3.63, 3.8) is 0 Å². The number of benzene rings is 1. The van der Waals surface area contributed by atoms with Crippen LogP contribution in [0.5, 0.6) is 0 Å². The average molecular weight is 234 g/mol. The van der Waals surface area contributed by atoms with Crippen LogP contribution in [0.1, 0.15) is 18.1 Å². The smallest absolute Gasteiger partial charge is 0.0229 e. The summed E-state index contributed by atoms with van der Waals surface area (Å²) in [5, 5.41) is 4.33. The van der Waals surface area contributed by atoms with Crippen molar-refractivity contribution in [2.24, 2.45) is 0 Å². The van der Waals surface area contributed by atoms with Gasteiger partial charge in [-0.25, -0.2) is 0 Å². The van der Waals surface area contributed by atoms with E-state index in [0.717, 1.165) is 6.42 Å². The molecule has 0 atom stereocenters. The summed E-state index contributed by atoms with van der Waals surface area (Å²) in [7, 11) is 0. The fourth-order valence-corrected chi connectivity index (χ4v) is 3.34. The number of rotatable bonds is 3. The first-order valence-electron chi connectivity index (χ1n) is 5.09. The van der Waals surface area contributed by atoms with Crippen molar-refractivity contribution in [2.75, 3.05) is 0 Å². The molecule has 0 nitrogen and oxygen atoms in total. The lowest BCUT2D eigenvalue weighted by molar-refractivity contribution is 1.07. The molecule has 2 aromatic rings. The minimum atomic E-state index is 1.11. The lowest BCUT2D eigenvalue weighted by Gasteiger charge is -2.07. The Balaban J connectivity index is 2.28. The van der Waals surface area contributed by atoms with Crippen molar-refractivity contribution in [2.45, 2.75) is 30.1 Å². The zero-order valence-electron chi connectivity index (χ0n) is 8.99. The van der Waals surface area contributed by atoms with Gasteiger partial charge in [0.1, 0.15) is 0 Å². The van der Waals surface area contributed by atoms with E-state index in [1.165, 1.54) is 20.9 Å². The molecule has 0 amide bonds. The van der Waals surface area contributed by atoms with Crippen molar-refractivity contribution in [3.8, 4) is 0 Å². The summed E-state index contributed by atoms with van der Waals surface area (Å²) in [6.07, 6.45) is 1.11. The maximum atomic E-state index is 2.29. The molecule has 0 saturated heterocycles. The van der Waals surface area contributed by atoms with Gasteiger partial charge in [0.25, 0.3) is 0 Å². The van der Waals surface area contributed by atoms with E-state index in [2.05, 4.69) is 48.9 Å². The molecule has 0 aliphatic carbocycles. The van der Waals surface area contributed by atoms with Gasteiger partial charge < -0.3 is 0 Å². The maximum Gasteiger partial charge on any atom is 0.0229 e. The fourth-order valence-electron chi connectivity index (χ4n) is 1.52. The Bertz CT molecular complexity index is 430. The first kappa shape index (κ1) is 10.8. The highest BCUT2D eigenvalue weighted by Gasteiger charge is 2.03. The molecular formula is C13H14S2. The fraction of sp³-hybridized carbons (Fsp3) is 0.231. The molecule has 0 spiro atoms. The van der Waals surface area contributed by atoms with Gasteiger partial charge in [-0.1, -0.05) is 36.4 Å². The normalized spacial score (nSPS) is 10.5. The quantitative estimate of drug-likeness (QED) is 0.737. The Morgan fingerprint density at radius 2 is 2.13 bits per heavy atom. The van der Waals surface area contributed by atoms with Crippen LogP contribution in [-0.2, 0) is 6.42 Å². The van der Waals surface area contributed by atoms with Gasteiger partial charge in [-0.15, -0.1) is 0 Å². The van der Waals surface area contributed by atoms with E-state index < -0.39 is 0 Å². The Hall–Kier alpha value is -0.730. The lowest BCUT2D eigenvalue weighted by Crippen LogP contribution is -1.86. The predicted octanol–water partition coefficient (Wildman–Crippen LogP) is 4.77. The van der Waals surface area contributed by atoms with E-state index in [9.17, 15) is 0 Å². The zero-order chi connectivity index (χ0) is 10.7. The van der Waals surface area contributed by atoms with Crippen molar-refractivity contribution in [1.82, 2.24) is 0 Å². The molecule has 1 heterocycles. The highest BCUT2D eigenvalue weighted by Crippen LogP contribution is 2.32. The Labute approximate surface area is 99.3 Å². The van der Waals surface area contributed by atoms with Crippen molar-refractivity contribution in [3.05, 3.63) is 46.2 Å². The number of hydrogen-bond donors (Lipinski definition) is 0. The monoisotopic (exact) mass is 234 g/mol.